The number of unbranched alkanes of at least 4 members (excludes halogenated alkanes) is 1. The fraction of sp³-hybridized carbons (Fsp3) is 0.750. The van der Waals surface area contributed by atoms with Crippen LogP contribution in [0.2, 0.25) is 0 Å². The molecule has 0 aromatic heterocycles. The van der Waals surface area contributed by atoms with Crippen molar-refractivity contribution in [3.05, 3.63) is 12.2 Å². The molecule has 10 heavy (non-hydrogen) atoms. The first kappa shape index (κ1) is 9.66. The van der Waals surface area contributed by atoms with Crippen LogP contribution in [0, 0.1) is 0 Å². The van der Waals surface area contributed by atoms with E-state index in [-0.39, 0.29) is 12.6 Å². The molecule has 0 aliphatic rings. The maximum Gasteiger partial charge on any atom is 0.0433 e. The first-order valence-corrected chi connectivity index (χ1v) is 3.84. The van der Waals surface area contributed by atoms with E-state index in [1.807, 2.05) is 12.2 Å². The van der Waals surface area contributed by atoms with Crippen LogP contribution in [0.1, 0.15) is 26.2 Å². The third-order valence-electron chi connectivity index (χ3n) is 1.38. The second kappa shape index (κ2) is 6.78. The van der Waals surface area contributed by atoms with Crippen molar-refractivity contribution in [2.24, 2.45) is 5.73 Å². The molecule has 3 N–H and O–H groups in total. The van der Waals surface area contributed by atoms with Crippen LogP contribution in [0.4, 0.5) is 0 Å². The molecule has 0 aromatic rings. The van der Waals surface area contributed by atoms with E-state index in [0.29, 0.717) is 0 Å². The number of hydrogen-bond acceptors (Lipinski definition) is 2. The molecule has 0 saturated heterocycles. The Balaban J connectivity index is 3.18. The van der Waals surface area contributed by atoms with Gasteiger partial charge in [0.05, 0.1) is 0 Å². The molecule has 0 heterocycles. The summed E-state index contributed by atoms with van der Waals surface area (Å²) in [5.41, 5.74) is 5.61. The van der Waals surface area contributed by atoms with Gasteiger partial charge in [-0.2, -0.15) is 0 Å². The SMILES string of the molecule is CCC(N)C=CCCCO. The zero-order chi connectivity index (χ0) is 7.82. The summed E-state index contributed by atoms with van der Waals surface area (Å²) in [5, 5.41) is 8.42. The number of nitrogens with two attached hydrogens (primary N) is 1. The van der Waals surface area contributed by atoms with Gasteiger partial charge in [-0.3, -0.25) is 0 Å². The Morgan fingerprint density at radius 2 is 2.30 bits per heavy atom. The third kappa shape index (κ3) is 5.79. The zero-order valence-corrected chi connectivity index (χ0v) is 6.59. The molecule has 0 fully saturated rings. The monoisotopic (exact) mass is 143 g/mol. The lowest BCUT2D eigenvalue weighted by atomic mass is 10.2. The second-order valence-corrected chi connectivity index (χ2v) is 2.37. The number of rotatable bonds is 5. The van der Waals surface area contributed by atoms with E-state index in [1.54, 1.807) is 0 Å². The molecule has 0 aliphatic carbocycles. The molecule has 2 nitrogen and oxygen atoms in total. The van der Waals surface area contributed by atoms with Crippen molar-refractivity contribution >= 4 is 0 Å². The van der Waals surface area contributed by atoms with Crippen LogP contribution in [0.3, 0.4) is 0 Å². The summed E-state index contributed by atoms with van der Waals surface area (Å²) in [4.78, 5) is 0. The van der Waals surface area contributed by atoms with Gasteiger partial charge >= 0.3 is 0 Å². The molecule has 0 spiro atoms. The van der Waals surface area contributed by atoms with E-state index in [9.17, 15) is 0 Å². The Morgan fingerprint density at radius 3 is 2.80 bits per heavy atom. The van der Waals surface area contributed by atoms with Crippen molar-refractivity contribution in [3.63, 3.8) is 0 Å². The summed E-state index contributed by atoms with van der Waals surface area (Å²) in [7, 11) is 0. The molecular formula is C8H17NO. The second-order valence-electron chi connectivity index (χ2n) is 2.37. The summed E-state index contributed by atoms with van der Waals surface area (Å²) in [6.45, 7) is 2.33. The largest absolute Gasteiger partial charge is 0.396 e. The van der Waals surface area contributed by atoms with Gasteiger partial charge in [0.25, 0.3) is 0 Å². The van der Waals surface area contributed by atoms with Crippen molar-refractivity contribution in [2.75, 3.05) is 6.61 Å². The van der Waals surface area contributed by atoms with Gasteiger partial charge < -0.3 is 10.8 Å². The van der Waals surface area contributed by atoms with Crippen molar-refractivity contribution in [3.8, 4) is 0 Å². The number of aliphatic hydroxyl groups is 1. The van der Waals surface area contributed by atoms with Gasteiger partial charge in [0, 0.05) is 12.6 Å². The van der Waals surface area contributed by atoms with Crippen LogP contribution in [0.15, 0.2) is 12.2 Å². The summed E-state index contributed by atoms with van der Waals surface area (Å²) in [5.74, 6) is 0. The quantitative estimate of drug-likeness (QED) is 0.446. The van der Waals surface area contributed by atoms with Crippen molar-refractivity contribution in [2.45, 2.75) is 32.2 Å². The lowest BCUT2D eigenvalue weighted by molar-refractivity contribution is 0.289. The highest BCUT2D eigenvalue weighted by Crippen LogP contribution is 1.93. The van der Waals surface area contributed by atoms with Gasteiger partial charge in [0.1, 0.15) is 0 Å². The predicted octanol–water partition coefficient (Wildman–Crippen LogP) is 1.05. The van der Waals surface area contributed by atoms with Crippen molar-refractivity contribution in [1.29, 1.82) is 0 Å². The van der Waals surface area contributed by atoms with Crippen LogP contribution in [-0.4, -0.2) is 17.8 Å². The fourth-order valence-electron chi connectivity index (χ4n) is 0.616. The Hall–Kier alpha value is -0.340. The van der Waals surface area contributed by atoms with E-state index in [1.165, 1.54) is 0 Å². The molecule has 2 heteroatoms. The summed E-state index contributed by atoms with van der Waals surface area (Å²) in [6, 6.07) is 0.193. The molecule has 0 aliphatic heterocycles. The summed E-state index contributed by atoms with van der Waals surface area (Å²) in [6.07, 6.45) is 6.78. The van der Waals surface area contributed by atoms with Crippen LogP contribution in [-0.2, 0) is 0 Å². The van der Waals surface area contributed by atoms with Crippen LogP contribution < -0.4 is 5.73 Å². The Bertz CT molecular complexity index is 91.3. The molecule has 0 saturated carbocycles. The highest BCUT2D eigenvalue weighted by Gasteiger charge is 1.88. The topological polar surface area (TPSA) is 46.2 Å². The van der Waals surface area contributed by atoms with Crippen LogP contribution in [0.5, 0.6) is 0 Å². The van der Waals surface area contributed by atoms with E-state index in [2.05, 4.69) is 6.92 Å². The molecule has 0 bridgehead atoms. The number of hydrogen-bond donors (Lipinski definition) is 2. The van der Waals surface area contributed by atoms with E-state index >= 15 is 0 Å². The average Bonchev–Trinajstić information content (AvgIpc) is 1.98. The predicted molar refractivity (Wildman–Crippen MR) is 43.7 cm³/mol. The first-order chi connectivity index (χ1) is 4.81. The smallest absolute Gasteiger partial charge is 0.0433 e. The van der Waals surface area contributed by atoms with Crippen molar-refractivity contribution < 1.29 is 5.11 Å². The Kier molecular flexibility index (Phi) is 6.55. The Morgan fingerprint density at radius 1 is 1.60 bits per heavy atom. The molecule has 0 radical (unpaired) electrons. The van der Waals surface area contributed by atoms with Crippen LogP contribution in [0.25, 0.3) is 0 Å². The highest BCUT2D eigenvalue weighted by atomic mass is 16.2. The molecule has 0 aromatic carbocycles. The lowest BCUT2D eigenvalue weighted by Crippen LogP contribution is -2.14. The third-order valence-corrected chi connectivity index (χ3v) is 1.38. The van der Waals surface area contributed by atoms with E-state index in [4.69, 9.17) is 10.8 Å². The maximum atomic E-state index is 8.42. The van der Waals surface area contributed by atoms with Gasteiger partial charge in [-0.1, -0.05) is 19.1 Å². The number of allylic oxidation sites excluding steroid dienone is 1. The average molecular weight is 143 g/mol. The van der Waals surface area contributed by atoms with E-state index < -0.39 is 0 Å². The minimum absolute atomic E-state index is 0.193. The number of aliphatic hydroxyl groups excluding tert-OH is 1. The molecule has 0 rings (SSSR count). The van der Waals surface area contributed by atoms with Gasteiger partial charge in [0.2, 0.25) is 0 Å². The van der Waals surface area contributed by atoms with Crippen LogP contribution >= 0.6 is 0 Å². The standard InChI is InChI=1S/C8H17NO/c1-2-8(9)6-4-3-5-7-10/h4,6,8,10H,2-3,5,7,9H2,1H3. The highest BCUT2D eigenvalue weighted by molar-refractivity contribution is 4.90. The maximum absolute atomic E-state index is 8.42. The molecule has 1 unspecified atom stereocenters. The molecule has 1 atom stereocenters. The van der Waals surface area contributed by atoms with Gasteiger partial charge in [-0.05, 0) is 19.3 Å². The minimum Gasteiger partial charge on any atom is -0.396 e. The fourth-order valence-corrected chi connectivity index (χ4v) is 0.616. The lowest BCUT2D eigenvalue weighted by Gasteiger charge is -1.98. The summed E-state index contributed by atoms with van der Waals surface area (Å²) < 4.78 is 0. The minimum atomic E-state index is 0.193. The van der Waals surface area contributed by atoms with E-state index in [0.717, 1.165) is 19.3 Å². The first-order valence-electron chi connectivity index (χ1n) is 3.84. The van der Waals surface area contributed by atoms with Crippen molar-refractivity contribution in [1.82, 2.24) is 0 Å². The molecular weight excluding hydrogens is 126 g/mol. The Labute approximate surface area is 62.7 Å². The van der Waals surface area contributed by atoms with Gasteiger partial charge in [-0.15, -0.1) is 0 Å². The summed E-state index contributed by atoms with van der Waals surface area (Å²) >= 11 is 0. The molecule has 0 amide bonds. The zero-order valence-electron chi connectivity index (χ0n) is 6.59. The molecule has 60 valence electrons. The van der Waals surface area contributed by atoms with Gasteiger partial charge in [-0.25, -0.2) is 0 Å². The van der Waals surface area contributed by atoms with Gasteiger partial charge in [0.15, 0.2) is 0 Å². The normalized spacial score (nSPS) is 14.3.